The molecule has 6 aromatic rings. The molecule has 0 aliphatic heterocycles. The van der Waals surface area contributed by atoms with Crippen LogP contribution in [-0.4, -0.2) is 9.52 Å². The summed E-state index contributed by atoms with van der Waals surface area (Å²) in [7, 11) is 11.0. The molecule has 0 bridgehead atoms. The zero-order valence-electron chi connectivity index (χ0n) is 28.4. The molecule has 0 aliphatic rings. The SMILES string of the molecule is CCCc1ccc(-c2cccc3[cH-]c(CC)cc23)cc1.CCCc1ccc(-c2cccc3[cH-]c(CC)cc23)cc1.C[Si]C.[Cl][Zr+2][Cl]. The van der Waals surface area contributed by atoms with Crippen molar-refractivity contribution in [3.63, 3.8) is 0 Å². The van der Waals surface area contributed by atoms with Gasteiger partial charge in [0.05, 0.1) is 0 Å². The van der Waals surface area contributed by atoms with Crippen molar-refractivity contribution in [1.82, 2.24) is 0 Å². The van der Waals surface area contributed by atoms with Gasteiger partial charge in [-0.15, -0.1) is 69.1 Å². The van der Waals surface area contributed by atoms with Crippen LogP contribution in [0, 0.1) is 0 Å². The molecule has 0 fully saturated rings. The van der Waals surface area contributed by atoms with Gasteiger partial charge in [0.15, 0.2) is 0 Å². The van der Waals surface area contributed by atoms with Gasteiger partial charge in [0, 0.05) is 9.52 Å². The number of hydrogen-bond acceptors (Lipinski definition) is 0. The number of rotatable bonds is 8. The second-order valence-corrected chi connectivity index (χ2v) is 16.2. The Morgan fingerprint density at radius 2 is 0.913 bits per heavy atom. The Kier molecular flexibility index (Phi) is 17.4. The molecular weight excluding hydrogens is 695 g/mol. The third-order valence-corrected chi connectivity index (χ3v) is 8.04. The molecule has 0 saturated carbocycles. The summed E-state index contributed by atoms with van der Waals surface area (Å²) in [5, 5.41) is 5.48. The molecule has 46 heavy (non-hydrogen) atoms. The van der Waals surface area contributed by atoms with Crippen LogP contribution in [0.5, 0.6) is 0 Å². The Bertz CT molecular complexity index is 1580. The van der Waals surface area contributed by atoms with Gasteiger partial charge in [-0.2, -0.15) is 12.1 Å². The first kappa shape index (κ1) is 38.2. The minimum atomic E-state index is -0.826. The summed E-state index contributed by atoms with van der Waals surface area (Å²) in [6.45, 7) is 13.2. The second kappa shape index (κ2) is 20.9. The van der Waals surface area contributed by atoms with Crippen molar-refractivity contribution in [3.8, 4) is 22.3 Å². The number of halogens is 2. The number of aryl methyl sites for hydroxylation is 4. The van der Waals surface area contributed by atoms with Gasteiger partial charge in [-0.25, -0.2) is 0 Å². The number of hydrogen-bond donors (Lipinski definition) is 0. The average molecular weight is 743 g/mol. The summed E-state index contributed by atoms with van der Waals surface area (Å²) >= 11 is -0.826. The Labute approximate surface area is 299 Å². The third kappa shape index (κ3) is 10.9. The van der Waals surface area contributed by atoms with Gasteiger partial charge in [-0.3, -0.25) is 0 Å². The van der Waals surface area contributed by atoms with E-state index in [1.54, 1.807) is 0 Å². The predicted molar refractivity (Wildman–Crippen MR) is 206 cm³/mol. The van der Waals surface area contributed by atoms with E-state index in [4.69, 9.17) is 17.0 Å². The number of fused-ring (bicyclic) bond motifs is 2. The van der Waals surface area contributed by atoms with Gasteiger partial charge >= 0.3 is 37.9 Å². The van der Waals surface area contributed by atoms with Crippen LogP contribution < -0.4 is 0 Å². The van der Waals surface area contributed by atoms with Crippen molar-refractivity contribution in [2.24, 2.45) is 0 Å². The number of benzene rings is 4. The summed E-state index contributed by atoms with van der Waals surface area (Å²) < 4.78 is 0. The van der Waals surface area contributed by atoms with E-state index in [1.807, 2.05) is 0 Å². The van der Waals surface area contributed by atoms with Crippen LogP contribution in [-0.2, 0) is 46.5 Å². The van der Waals surface area contributed by atoms with Crippen LogP contribution in [0.25, 0.3) is 43.8 Å². The van der Waals surface area contributed by atoms with Crippen LogP contribution >= 0.6 is 17.0 Å². The molecule has 0 aromatic heterocycles. The molecule has 238 valence electrons. The fraction of sp³-hybridized carbons (Fsp3) is 0.286. The maximum atomic E-state index is 4.93. The molecule has 6 aromatic carbocycles. The minimum absolute atomic E-state index is 0.826. The molecule has 0 aliphatic carbocycles. The fourth-order valence-electron chi connectivity index (χ4n) is 5.78. The van der Waals surface area contributed by atoms with E-state index in [0.29, 0.717) is 0 Å². The first-order valence-corrected chi connectivity index (χ1v) is 24.9. The topological polar surface area (TPSA) is 0 Å². The molecule has 0 atom stereocenters. The van der Waals surface area contributed by atoms with Gasteiger partial charge in [0.2, 0.25) is 0 Å². The Morgan fingerprint density at radius 3 is 1.22 bits per heavy atom. The van der Waals surface area contributed by atoms with Crippen LogP contribution in [0.3, 0.4) is 0 Å². The van der Waals surface area contributed by atoms with Crippen LogP contribution in [0.15, 0.2) is 109 Å². The summed E-state index contributed by atoms with van der Waals surface area (Å²) in [6, 6.07) is 40.6. The maximum absolute atomic E-state index is 4.93. The quantitative estimate of drug-likeness (QED) is 0.108. The Hall–Kier alpha value is -2.22. The van der Waals surface area contributed by atoms with E-state index in [1.165, 1.54) is 91.7 Å². The molecule has 0 N–H and O–H groups in total. The standard InChI is InChI=1S/2C20H21.C2H6Si.2ClH.Zr/c2*1-3-6-16-9-11-17(12-10-16)19-8-5-7-18-13-15(4-2)14-20(18)19;1-3-2;;;/h2*5,7-14H,3-4,6H2,1-2H3;1-2H3;2*1H;/q2*-1;;;;+4/p-2. The first-order chi connectivity index (χ1) is 22.5. The van der Waals surface area contributed by atoms with Crippen LogP contribution in [0.4, 0.5) is 0 Å². The molecule has 2 radical (unpaired) electrons. The van der Waals surface area contributed by atoms with Gasteiger partial charge < -0.3 is 0 Å². The third-order valence-electron chi connectivity index (χ3n) is 8.04. The Balaban J connectivity index is 0.000000214. The molecule has 6 rings (SSSR count). The molecule has 0 nitrogen and oxygen atoms in total. The monoisotopic (exact) mass is 740 g/mol. The van der Waals surface area contributed by atoms with Gasteiger partial charge in [-0.1, -0.05) is 125 Å². The van der Waals surface area contributed by atoms with E-state index in [-0.39, 0.29) is 0 Å². The summed E-state index contributed by atoms with van der Waals surface area (Å²) in [4.78, 5) is 0. The summed E-state index contributed by atoms with van der Waals surface area (Å²) in [5.41, 5.74) is 11.1. The van der Waals surface area contributed by atoms with Gasteiger partial charge in [0.1, 0.15) is 0 Å². The molecule has 4 heteroatoms. The summed E-state index contributed by atoms with van der Waals surface area (Å²) in [6.07, 6.45) is 6.95. The molecule has 0 spiro atoms. The van der Waals surface area contributed by atoms with Crippen LogP contribution in [0.1, 0.15) is 62.8 Å². The van der Waals surface area contributed by atoms with E-state index >= 15 is 0 Å². The zero-order chi connectivity index (χ0) is 33.3. The van der Waals surface area contributed by atoms with Gasteiger partial charge in [-0.05, 0) is 47.9 Å². The molecule has 0 heterocycles. The van der Waals surface area contributed by atoms with Crippen molar-refractivity contribution in [2.75, 3.05) is 0 Å². The van der Waals surface area contributed by atoms with Crippen molar-refractivity contribution >= 4 is 48.1 Å². The first-order valence-electron chi connectivity index (χ1n) is 16.6. The van der Waals surface area contributed by atoms with E-state index in [0.717, 1.165) is 22.4 Å². The molecule has 0 saturated heterocycles. The normalized spacial score (nSPS) is 10.3. The van der Waals surface area contributed by atoms with E-state index < -0.39 is 20.8 Å². The van der Waals surface area contributed by atoms with Crippen LogP contribution in [0.2, 0.25) is 13.1 Å². The summed E-state index contributed by atoms with van der Waals surface area (Å²) in [5.74, 6) is 0. The van der Waals surface area contributed by atoms with Crippen molar-refractivity contribution < 1.29 is 20.8 Å². The fourth-order valence-corrected chi connectivity index (χ4v) is 5.78. The Morgan fingerprint density at radius 1 is 0.565 bits per heavy atom. The molecule has 0 unspecified atom stereocenters. The second-order valence-electron chi connectivity index (χ2n) is 11.5. The molecule has 0 amide bonds. The van der Waals surface area contributed by atoms with Crippen molar-refractivity contribution in [3.05, 3.63) is 131 Å². The van der Waals surface area contributed by atoms with E-state index in [2.05, 4.69) is 150 Å². The van der Waals surface area contributed by atoms with Crippen molar-refractivity contribution in [1.29, 1.82) is 0 Å². The average Bonchev–Trinajstić information content (AvgIpc) is 3.71. The van der Waals surface area contributed by atoms with Gasteiger partial charge in [0.25, 0.3) is 0 Å². The zero-order valence-corrected chi connectivity index (χ0v) is 33.4. The molecular formula is C42H48Cl2SiZr. The van der Waals surface area contributed by atoms with Crippen molar-refractivity contribution in [2.45, 2.75) is 79.3 Å². The van der Waals surface area contributed by atoms with E-state index in [9.17, 15) is 0 Å². The predicted octanol–water partition coefficient (Wildman–Crippen LogP) is 13.6.